The maximum atomic E-state index is 5.85. The van der Waals surface area contributed by atoms with E-state index in [4.69, 9.17) is 10.5 Å². The van der Waals surface area contributed by atoms with Crippen LogP contribution in [-0.4, -0.2) is 31.8 Å². The topological polar surface area (TPSA) is 47.3 Å². The first kappa shape index (κ1) is 13.3. The molecule has 0 spiro atoms. The SMILES string of the molecule is CCC1(CNCC2CCC(CN)O2)CCCC1. The van der Waals surface area contributed by atoms with E-state index in [2.05, 4.69) is 12.2 Å². The van der Waals surface area contributed by atoms with Gasteiger partial charge in [-0.2, -0.15) is 0 Å². The van der Waals surface area contributed by atoms with E-state index in [9.17, 15) is 0 Å². The summed E-state index contributed by atoms with van der Waals surface area (Å²) >= 11 is 0. The molecule has 2 atom stereocenters. The molecule has 3 heteroatoms. The van der Waals surface area contributed by atoms with Gasteiger partial charge >= 0.3 is 0 Å². The van der Waals surface area contributed by atoms with Crippen molar-refractivity contribution in [2.75, 3.05) is 19.6 Å². The molecule has 1 aliphatic carbocycles. The summed E-state index contributed by atoms with van der Waals surface area (Å²) in [5, 5.41) is 3.64. The predicted molar refractivity (Wildman–Crippen MR) is 71.0 cm³/mol. The van der Waals surface area contributed by atoms with Crippen molar-refractivity contribution in [2.24, 2.45) is 11.1 Å². The molecule has 3 N–H and O–H groups in total. The van der Waals surface area contributed by atoms with E-state index in [0.29, 0.717) is 24.2 Å². The molecular formula is C14H28N2O. The van der Waals surface area contributed by atoms with Gasteiger partial charge in [0.15, 0.2) is 0 Å². The minimum Gasteiger partial charge on any atom is -0.372 e. The lowest BCUT2D eigenvalue weighted by Crippen LogP contribution is -2.36. The highest BCUT2D eigenvalue weighted by molar-refractivity contribution is 4.86. The lowest BCUT2D eigenvalue weighted by molar-refractivity contribution is 0.0486. The average Bonchev–Trinajstić information content (AvgIpc) is 2.98. The highest BCUT2D eigenvalue weighted by Gasteiger charge is 2.32. The Bertz CT molecular complexity index is 226. The van der Waals surface area contributed by atoms with E-state index in [1.807, 2.05) is 0 Å². The quantitative estimate of drug-likeness (QED) is 0.747. The van der Waals surface area contributed by atoms with E-state index in [-0.39, 0.29) is 0 Å². The molecule has 3 nitrogen and oxygen atoms in total. The van der Waals surface area contributed by atoms with Crippen molar-refractivity contribution in [3.05, 3.63) is 0 Å². The summed E-state index contributed by atoms with van der Waals surface area (Å²) < 4.78 is 5.85. The lowest BCUT2D eigenvalue weighted by Gasteiger charge is -2.28. The molecule has 2 fully saturated rings. The van der Waals surface area contributed by atoms with Crippen LogP contribution in [0.4, 0.5) is 0 Å². The third-order valence-electron chi connectivity index (χ3n) is 4.74. The minimum atomic E-state index is 0.313. The van der Waals surface area contributed by atoms with Gasteiger partial charge in [-0.3, -0.25) is 0 Å². The van der Waals surface area contributed by atoms with Crippen LogP contribution >= 0.6 is 0 Å². The first-order valence-corrected chi connectivity index (χ1v) is 7.34. The zero-order valence-corrected chi connectivity index (χ0v) is 11.2. The third kappa shape index (κ3) is 3.43. The Labute approximate surface area is 105 Å². The van der Waals surface area contributed by atoms with Crippen LogP contribution in [-0.2, 0) is 4.74 Å². The van der Waals surface area contributed by atoms with Gasteiger partial charge in [0, 0.05) is 19.6 Å². The first-order chi connectivity index (χ1) is 8.28. The van der Waals surface area contributed by atoms with E-state index in [1.165, 1.54) is 45.1 Å². The lowest BCUT2D eigenvalue weighted by atomic mass is 9.83. The van der Waals surface area contributed by atoms with Gasteiger partial charge in [-0.05, 0) is 37.5 Å². The van der Waals surface area contributed by atoms with Crippen LogP contribution in [0, 0.1) is 5.41 Å². The van der Waals surface area contributed by atoms with Crippen LogP contribution in [0.2, 0.25) is 0 Å². The molecule has 0 aromatic carbocycles. The molecule has 0 aromatic heterocycles. The predicted octanol–water partition coefficient (Wildman–Crippen LogP) is 2.05. The van der Waals surface area contributed by atoms with Crippen LogP contribution in [0.5, 0.6) is 0 Å². The van der Waals surface area contributed by atoms with Crippen molar-refractivity contribution in [2.45, 2.75) is 64.1 Å². The third-order valence-corrected chi connectivity index (χ3v) is 4.74. The minimum absolute atomic E-state index is 0.313. The molecule has 0 amide bonds. The molecule has 1 aliphatic heterocycles. The summed E-state index contributed by atoms with van der Waals surface area (Å²) in [6.07, 6.45) is 10.0. The highest BCUT2D eigenvalue weighted by atomic mass is 16.5. The number of hydrogen-bond donors (Lipinski definition) is 2. The summed E-state index contributed by atoms with van der Waals surface area (Å²) in [5.41, 5.74) is 6.21. The van der Waals surface area contributed by atoms with Crippen molar-refractivity contribution in [3.63, 3.8) is 0 Å². The molecule has 1 saturated carbocycles. The number of ether oxygens (including phenoxy) is 1. The molecule has 1 saturated heterocycles. The Kier molecular flexibility index (Phi) is 4.83. The highest BCUT2D eigenvalue weighted by Crippen LogP contribution is 2.40. The van der Waals surface area contributed by atoms with Gasteiger partial charge < -0.3 is 15.8 Å². The van der Waals surface area contributed by atoms with Gasteiger partial charge in [-0.15, -0.1) is 0 Å². The Balaban J connectivity index is 1.65. The fourth-order valence-corrected chi connectivity index (χ4v) is 3.38. The summed E-state index contributed by atoms with van der Waals surface area (Å²) in [5.74, 6) is 0. The molecule has 0 bridgehead atoms. The Morgan fingerprint density at radius 3 is 2.53 bits per heavy atom. The second-order valence-corrected chi connectivity index (χ2v) is 5.88. The van der Waals surface area contributed by atoms with E-state index in [1.54, 1.807) is 0 Å². The van der Waals surface area contributed by atoms with Crippen LogP contribution in [0.3, 0.4) is 0 Å². The zero-order chi connectivity index (χ0) is 12.1. The smallest absolute Gasteiger partial charge is 0.0704 e. The summed E-state index contributed by atoms with van der Waals surface area (Å²) in [7, 11) is 0. The van der Waals surface area contributed by atoms with Crippen LogP contribution in [0.15, 0.2) is 0 Å². The Morgan fingerprint density at radius 2 is 1.94 bits per heavy atom. The summed E-state index contributed by atoms with van der Waals surface area (Å²) in [6.45, 7) is 5.20. The van der Waals surface area contributed by atoms with Gasteiger partial charge in [0.1, 0.15) is 0 Å². The second kappa shape index (κ2) is 6.17. The zero-order valence-electron chi connectivity index (χ0n) is 11.2. The first-order valence-electron chi connectivity index (χ1n) is 7.34. The molecule has 17 heavy (non-hydrogen) atoms. The second-order valence-electron chi connectivity index (χ2n) is 5.88. The van der Waals surface area contributed by atoms with Crippen molar-refractivity contribution in [1.82, 2.24) is 5.32 Å². The fraction of sp³-hybridized carbons (Fsp3) is 1.00. The average molecular weight is 240 g/mol. The fourth-order valence-electron chi connectivity index (χ4n) is 3.38. The van der Waals surface area contributed by atoms with Crippen LogP contribution in [0.25, 0.3) is 0 Å². The number of nitrogens with two attached hydrogens (primary N) is 1. The normalized spacial score (nSPS) is 32.1. The standard InChI is InChI=1S/C14H28N2O/c1-2-14(7-3-4-8-14)11-16-10-13-6-5-12(9-15)17-13/h12-13,16H,2-11,15H2,1H3. The molecular weight excluding hydrogens is 212 g/mol. The van der Waals surface area contributed by atoms with Gasteiger partial charge in [0.05, 0.1) is 12.2 Å². The maximum absolute atomic E-state index is 5.85. The molecule has 0 radical (unpaired) electrons. The van der Waals surface area contributed by atoms with E-state index in [0.717, 1.165) is 13.0 Å². The van der Waals surface area contributed by atoms with Gasteiger partial charge in [-0.1, -0.05) is 19.8 Å². The Morgan fingerprint density at radius 1 is 1.24 bits per heavy atom. The van der Waals surface area contributed by atoms with Crippen LogP contribution < -0.4 is 11.1 Å². The van der Waals surface area contributed by atoms with Crippen molar-refractivity contribution >= 4 is 0 Å². The van der Waals surface area contributed by atoms with E-state index >= 15 is 0 Å². The van der Waals surface area contributed by atoms with Gasteiger partial charge in [0.25, 0.3) is 0 Å². The number of rotatable bonds is 6. The maximum Gasteiger partial charge on any atom is 0.0704 e. The largest absolute Gasteiger partial charge is 0.372 e. The number of nitrogens with one attached hydrogen (secondary N) is 1. The molecule has 100 valence electrons. The summed E-state index contributed by atoms with van der Waals surface area (Å²) in [6, 6.07) is 0. The molecule has 2 rings (SSSR count). The Hall–Kier alpha value is -0.120. The van der Waals surface area contributed by atoms with Gasteiger partial charge in [0.2, 0.25) is 0 Å². The van der Waals surface area contributed by atoms with E-state index < -0.39 is 0 Å². The molecule has 2 aliphatic rings. The summed E-state index contributed by atoms with van der Waals surface area (Å²) in [4.78, 5) is 0. The number of hydrogen-bond acceptors (Lipinski definition) is 3. The molecule has 0 aromatic rings. The molecule has 2 unspecified atom stereocenters. The van der Waals surface area contributed by atoms with Crippen molar-refractivity contribution < 1.29 is 4.74 Å². The van der Waals surface area contributed by atoms with Crippen molar-refractivity contribution in [3.8, 4) is 0 Å². The molecule has 1 heterocycles. The van der Waals surface area contributed by atoms with Crippen LogP contribution in [0.1, 0.15) is 51.9 Å². The monoisotopic (exact) mass is 240 g/mol. The van der Waals surface area contributed by atoms with Gasteiger partial charge in [-0.25, -0.2) is 0 Å². The van der Waals surface area contributed by atoms with Crippen molar-refractivity contribution in [1.29, 1.82) is 0 Å².